The third-order valence-electron chi connectivity index (χ3n) is 4.39. The van der Waals surface area contributed by atoms with Crippen LogP contribution in [-0.2, 0) is 9.47 Å². The molecular formula is C24H36BrClN4O9. The van der Waals surface area contributed by atoms with Gasteiger partial charge in [0.05, 0.1) is 39.3 Å². The normalized spacial score (nSPS) is 11.8. The van der Waals surface area contributed by atoms with Gasteiger partial charge in [0.15, 0.2) is 0 Å². The number of nitrogens with one attached hydrogen (secondary N) is 1. The number of nitro groups is 2. The summed E-state index contributed by atoms with van der Waals surface area (Å²) in [4.78, 5) is 37.2. The van der Waals surface area contributed by atoms with Crippen LogP contribution >= 0.6 is 27.5 Å². The topological polar surface area (TPSA) is 180 Å². The third kappa shape index (κ3) is 14.9. The molecular weight excluding hydrogens is 604 g/mol. The van der Waals surface area contributed by atoms with Crippen molar-refractivity contribution in [2.45, 2.75) is 66.6 Å². The summed E-state index contributed by atoms with van der Waals surface area (Å²) in [5.74, 6) is 0.343. The van der Waals surface area contributed by atoms with Gasteiger partial charge in [0.25, 0.3) is 16.9 Å². The fourth-order valence-electron chi connectivity index (χ4n) is 2.61. The maximum Gasteiger partial charge on any atom is 0.291 e. The first-order chi connectivity index (χ1) is 18.2. The maximum atomic E-state index is 10.8. The predicted molar refractivity (Wildman–Crippen MR) is 151 cm³/mol. The standard InChI is InChI=1S/C12H17BrN2O4.C6H5ClN2O3.C6H14O2/c1-4-5-18-7-8(2)19-12-10(13)6-11(15(16)17)9(3)14-12;1-3-5(9(11)12)2-4(7)6(10)8-3;1-3-4-8-5-6(2)7/h6,8H,4-5,7H2,1-3H3;2H,1H3,(H,8,10);6-7H,3-5H2,1-2H3. The van der Waals surface area contributed by atoms with Gasteiger partial charge in [0.1, 0.15) is 16.8 Å². The van der Waals surface area contributed by atoms with Crippen LogP contribution in [0.1, 0.15) is 51.9 Å². The van der Waals surface area contributed by atoms with Crippen molar-refractivity contribution in [3.05, 3.63) is 63.6 Å². The van der Waals surface area contributed by atoms with Crippen LogP contribution in [0.3, 0.4) is 0 Å². The van der Waals surface area contributed by atoms with Crippen molar-refractivity contribution >= 4 is 38.9 Å². The number of hydrogen-bond acceptors (Lipinski definition) is 10. The first kappa shape index (κ1) is 36.4. The van der Waals surface area contributed by atoms with Crippen molar-refractivity contribution in [2.75, 3.05) is 26.4 Å². The third-order valence-corrected chi connectivity index (χ3v) is 5.24. The van der Waals surface area contributed by atoms with Gasteiger partial charge < -0.3 is 24.3 Å². The van der Waals surface area contributed by atoms with Crippen molar-refractivity contribution in [3.8, 4) is 5.88 Å². The Morgan fingerprint density at radius 1 is 1.05 bits per heavy atom. The van der Waals surface area contributed by atoms with Gasteiger partial charge in [0.2, 0.25) is 5.88 Å². The molecule has 2 atom stereocenters. The minimum atomic E-state index is -0.600. The van der Waals surface area contributed by atoms with Crippen molar-refractivity contribution < 1.29 is 29.2 Å². The van der Waals surface area contributed by atoms with Crippen LogP contribution in [0.15, 0.2) is 21.4 Å². The number of halogens is 2. The van der Waals surface area contributed by atoms with E-state index in [1.165, 1.54) is 13.0 Å². The van der Waals surface area contributed by atoms with Gasteiger partial charge in [-0.2, -0.15) is 0 Å². The molecule has 0 aliphatic heterocycles. The lowest BCUT2D eigenvalue weighted by atomic mass is 10.3. The molecule has 2 rings (SSSR count). The van der Waals surface area contributed by atoms with E-state index in [0.717, 1.165) is 25.5 Å². The van der Waals surface area contributed by atoms with Gasteiger partial charge in [-0.3, -0.25) is 25.0 Å². The lowest BCUT2D eigenvalue weighted by Crippen LogP contribution is -2.20. The summed E-state index contributed by atoms with van der Waals surface area (Å²) in [5.41, 5.74) is -0.201. The van der Waals surface area contributed by atoms with Gasteiger partial charge >= 0.3 is 0 Å². The monoisotopic (exact) mass is 638 g/mol. The van der Waals surface area contributed by atoms with Gasteiger partial charge in [0, 0.05) is 25.3 Å². The maximum absolute atomic E-state index is 10.8. The highest BCUT2D eigenvalue weighted by molar-refractivity contribution is 9.10. The van der Waals surface area contributed by atoms with Crippen molar-refractivity contribution in [1.82, 2.24) is 9.97 Å². The Labute approximate surface area is 240 Å². The van der Waals surface area contributed by atoms with E-state index in [-0.39, 0.29) is 34.3 Å². The fourth-order valence-corrected chi connectivity index (χ4v) is 3.16. The molecule has 2 aromatic heterocycles. The average Bonchev–Trinajstić information content (AvgIpc) is 2.84. The van der Waals surface area contributed by atoms with Crippen molar-refractivity contribution in [1.29, 1.82) is 0 Å². The number of aliphatic hydroxyl groups is 1. The second-order valence-electron chi connectivity index (χ2n) is 8.28. The number of aryl methyl sites for hydroxylation is 2. The Morgan fingerprint density at radius 2 is 1.59 bits per heavy atom. The predicted octanol–water partition coefficient (Wildman–Crippen LogP) is 5.29. The Kier molecular flexibility index (Phi) is 18.1. The number of aliphatic hydroxyl groups excluding tert-OH is 1. The zero-order valence-electron chi connectivity index (χ0n) is 22.9. The van der Waals surface area contributed by atoms with Crippen molar-refractivity contribution in [3.63, 3.8) is 0 Å². The Balaban J connectivity index is 0.000000616. The molecule has 0 spiro atoms. The van der Waals surface area contributed by atoms with E-state index < -0.39 is 15.4 Å². The summed E-state index contributed by atoms with van der Waals surface area (Å²) in [7, 11) is 0. The summed E-state index contributed by atoms with van der Waals surface area (Å²) >= 11 is 8.61. The molecule has 2 N–H and O–H groups in total. The lowest BCUT2D eigenvalue weighted by Gasteiger charge is -2.15. The minimum Gasteiger partial charge on any atom is -0.471 e. The van der Waals surface area contributed by atoms with Crippen LogP contribution in [0.5, 0.6) is 5.88 Å². The highest BCUT2D eigenvalue weighted by atomic mass is 79.9. The van der Waals surface area contributed by atoms with Crippen LogP contribution in [0.2, 0.25) is 5.02 Å². The highest BCUT2D eigenvalue weighted by Gasteiger charge is 2.18. The molecule has 13 nitrogen and oxygen atoms in total. The lowest BCUT2D eigenvalue weighted by molar-refractivity contribution is -0.385. The average molecular weight is 640 g/mol. The van der Waals surface area contributed by atoms with E-state index in [9.17, 15) is 25.0 Å². The van der Waals surface area contributed by atoms with Gasteiger partial charge in [-0.25, -0.2) is 4.98 Å². The first-order valence-corrected chi connectivity index (χ1v) is 13.3. The number of ether oxygens (including phenoxy) is 3. The number of pyridine rings is 2. The fraction of sp³-hybridized carbons (Fsp3) is 0.583. The first-order valence-electron chi connectivity index (χ1n) is 12.1. The summed E-state index contributed by atoms with van der Waals surface area (Å²) in [5, 5.41) is 29.6. The van der Waals surface area contributed by atoms with Crippen LogP contribution in [0.4, 0.5) is 11.4 Å². The molecule has 0 fully saturated rings. The number of aromatic amines is 1. The molecule has 0 saturated heterocycles. The Morgan fingerprint density at radius 3 is 2.08 bits per heavy atom. The number of hydrogen-bond donors (Lipinski definition) is 2. The molecule has 15 heteroatoms. The number of rotatable bonds is 12. The van der Waals surface area contributed by atoms with E-state index >= 15 is 0 Å². The van der Waals surface area contributed by atoms with Gasteiger partial charge in [-0.15, -0.1) is 0 Å². The number of H-pyrrole nitrogens is 1. The van der Waals surface area contributed by atoms with Crippen molar-refractivity contribution in [2.24, 2.45) is 0 Å². The zero-order valence-corrected chi connectivity index (χ0v) is 25.2. The largest absolute Gasteiger partial charge is 0.471 e. The van der Waals surface area contributed by atoms with Crippen LogP contribution in [0.25, 0.3) is 0 Å². The molecule has 0 amide bonds. The summed E-state index contributed by atoms with van der Waals surface area (Å²) in [6.07, 6.45) is 1.48. The molecule has 0 bridgehead atoms. The Bertz CT molecular complexity index is 1120. The van der Waals surface area contributed by atoms with E-state index in [1.54, 1.807) is 13.8 Å². The molecule has 2 unspecified atom stereocenters. The van der Waals surface area contributed by atoms with E-state index in [0.29, 0.717) is 35.9 Å². The second kappa shape index (κ2) is 19.4. The molecule has 2 aromatic rings. The van der Waals surface area contributed by atoms with E-state index in [1.807, 2.05) is 20.8 Å². The van der Waals surface area contributed by atoms with Crippen LogP contribution in [0, 0.1) is 34.1 Å². The van der Waals surface area contributed by atoms with Crippen LogP contribution < -0.4 is 10.3 Å². The summed E-state index contributed by atoms with van der Waals surface area (Å²) < 4.78 is 16.4. The molecule has 0 aliphatic rings. The Hall–Kier alpha value is -2.65. The van der Waals surface area contributed by atoms with Gasteiger partial charge in [-0.05, 0) is 56.5 Å². The zero-order chi connectivity index (χ0) is 30.1. The SMILES string of the molecule is CCCOCC(C)O.CCCOCC(C)Oc1nc(C)c([N+](=O)[O-])cc1Br.Cc1[nH]c(=O)c(Cl)cc1[N+](=O)[O-]. The molecule has 0 saturated carbocycles. The minimum absolute atomic E-state index is 0.0332. The molecule has 0 aromatic carbocycles. The number of aromatic nitrogens is 2. The quantitative estimate of drug-likeness (QED) is 0.176. The second-order valence-corrected chi connectivity index (χ2v) is 9.54. The summed E-state index contributed by atoms with van der Waals surface area (Å²) in [6, 6.07) is 2.44. The van der Waals surface area contributed by atoms with Crippen LogP contribution in [-0.4, -0.2) is 63.6 Å². The molecule has 220 valence electrons. The van der Waals surface area contributed by atoms with E-state index in [4.69, 9.17) is 30.9 Å². The summed E-state index contributed by atoms with van der Waals surface area (Å²) in [6.45, 7) is 13.0. The number of nitrogens with zero attached hydrogens (tertiary/aromatic N) is 3. The molecule has 0 radical (unpaired) electrons. The molecule has 2 heterocycles. The van der Waals surface area contributed by atoms with Gasteiger partial charge in [-0.1, -0.05) is 25.4 Å². The van der Waals surface area contributed by atoms with E-state index in [2.05, 4.69) is 25.9 Å². The highest BCUT2D eigenvalue weighted by Crippen LogP contribution is 2.29. The molecule has 39 heavy (non-hydrogen) atoms. The molecule has 0 aliphatic carbocycles. The smallest absolute Gasteiger partial charge is 0.291 e.